The van der Waals surface area contributed by atoms with Gasteiger partial charge in [-0.05, 0) is 37.6 Å². The van der Waals surface area contributed by atoms with Crippen molar-refractivity contribution in [3.63, 3.8) is 0 Å². The van der Waals surface area contributed by atoms with Crippen molar-refractivity contribution in [3.8, 4) is 11.5 Å². The molecule has 100 valence electrons. The Morgan fingerprint density at radius 3 is 2.83 bits per heavy atom. The van der Waals surface area contributed by atoms with Crippen molar-refractivity contribution in [2.24, 2.45) is 0 Å². The van der Waals surface area contributed by atoms with Gasteiger partial charge in [-0.15, -0.1) is 0 Å². The molecule has 18 heavy (non-hydrogen) atoms. The van der Waals surface area contributed by atoms with E-state index in [2.05, 4.69) is 31.3 Å². The van der Waals surface area contributed by atoms with Crippen molar-refractivity contribution in [2.75, 3.05) is 13.3 Å². The SMILES string of the molecule is CCCCCCNC(C)c1ccc2c(c1)OCO2. The van der Waals surface area contributed by atoms with Crippen LogP contribution >= 0.6 is 0 Å². The Kier molecular flexibility index (Phi) is 4.88. The molecule has 0 spiro atoms. The van der Waals surface area contributed by atoms with E-state index in [1.165, 1.54) is 31.2 Å². The second-order valence-electron chi connectivity index (χ2n) is 4.85. The second-order valence-corrected chi connectivity index (χ2v) is 4.85. The Bertz CT molecular complexity index is 379. The summed E-state index contributed by atoms with van der Waals surface area (Å²) < 4.78 is 10.7. The Labute approximate surface area is 109 Å². The van der Waals surface area contributed by atoms with Gasteiger partial charge in [-0.25, -0.2) is 0 Å². The third-order valence-electron chi connectivity index (χ3n) is 3.38. The van der Waals surface area contributed by atoms with Gasteiger partial charge in [0.2, 0.25) is 6.79 Å². The molecule has 0 saturated heterocycles. The lowest BCUT2D eigenvalue weighted by Crippen LogP contribution is -2.19. The lowest BCUT2D eigenvalue weighted by molar-refractivity contribution is 0.174. The van der Waals surface area contributed by atoms with Gasteiger partial charge in [0.05, 0.1) is 0 Å². The van der Waals surface area contributed by atoms with E-state index in [-0.39, 0.29) is 0 Å². The molecular formula is C15H23NO2. The minimum absolute atomic E-state index is 0.345. The predicted molar refractivity (Wildman–Crippen MR) is 73.1 cm³/mol. The fraction of sp³-hybridized carbons (Fsp3) is 0.600. The maximum atomic E-state index is 5.40. The number of hydrogen-bond acceptors (Lipinski definition) is 3. The molecule has 1 aliphatic rings. The predicted octanol–water partition coefficient (Wildman–Crippen LogP) is 3.65. The highest BCUT2D eigenvalue weighted by molar-refractivity contribution is 5.45. The molecule has 1 aromatic carbocycles. The van der Waals surface area contributed by atoms with Crippen LogP contribution in [0.1, 0.15) is 51.1 Å². The highest BCUT2D eigenvalue weighted by atomic mass is 16.7. The fourth-order valence-corrected chi connectivity index (χ4v) is 2.17. The minimum atomic E-state index is 0.345. The van der Waals surface area contributed by atoms with Gasteiger partial charge >= 0.3 is 0 Å². The molecule has 0 amide bonds. The van der Waals surface area contributed by atoms with E-state index in [1.807, 2.05) is 6.07 Å². The number of benzene rings is 1. The fourth-order valence-electron chi connectivity index (χ4n) is 2.17. The first-order valence-corrected chi connectivity index (χ1v) is 6.94. The summed E-state index contributed by atoms with van der Waals surface area (Å²) >= 11 is 0. The highest BCUT2D eigenvalue weighted by Crippen LogP contribution is 2.34. The zero-order valence-electron chi connectivity index (χ0n) is 11.4. The molecule has 0 fully saturated rings. The summed E-state index contributed by atoms with van der Waals surface area (Å²) in [6.45, 7) is 5.85. The van der Waals surface area contributed by atoms with Crippen LogP contribution in [0.3, 0.4) is 0 Å². The van der Waals surface area contributed by atoms with Crippen molar-refractivity contribution in [1.82, 2.24) is 5.32 Å². The summed E-state index contributed by atoms with van der Waals surface area (Å²) in [6, 6.07) is 6.54. The molecule has 1 heterocycles. The van der Waals surface area contributed by atoms with Gasteiger partial charge in [-0.2, -0.15) is 0 Å². The zero-order valence-corrected chi connectivity index (χ0v) is 11.4. The van der Waals surface area contributed by atoms with E-state index in [1.54, 1.807) is 0 Å². The van der Waals surface area contributed by atoms with E-state index >= 15 is 0 Å². The number of fused-ring (bicyclic) bond motifs is 1. The molecule has 1 aromatic rings. The molecule has 1 N–H and O–H groups in total. The first-order chi connectivity index (χ1) is 8.81. The number of rotatable bonds is 7. The molecule has 2 rings (SSSR count). The van der Waals surface area contributed by atoms with Crippen LogP contribution in [0.2, 0.25) is 0 Å². The number of unbranched alkanes of at least 4 members (excludes halogenated alkanes) is 3. The van der Waals surface area contributed by atoms with Crippen LogP contribution in [0, 0.1) is 0 Å². The molecule has 3 heteroatoms. The molecular weight excluding hydrogens is 226 g/mol. The molecule has 0 radical (unpaired) electrons. The maximum Gasteiger partial charge on any atom is 0.231 e. The summed E-state index contributed by atoms with van der Waals surface area (Å²) in [5.41, 5.74) is 1.26. The number of ether oxygens (including phenoxy) is 2. The summed E-state index contributed by atoms with van der Waals surface area (Å²) in [7, 11) is 0. The van der Waals surface area contributed by atoms with Crippen LogP contribution < -0.4 is 14.8 Å². The quantitative estimate of drug-likeness (QED) is 0.748. The molecule has 1 aliphatic heterocycles. The Hall–Kier alpha value is -1.22. The van der Waals surface area contributed by atoms with E-state index in [9.17, 15) is 0 Å². The van der Waals surface area contributed by atoms with Crippen LogP contribution in [-0.4, -0.2) is 13.3 Å². The molecule has 1 atom stereocenters. The number of nitrogens with one attached hydrogen (secondary N) is 1. The smallest absolute Gasteiger partial charge is 0.231 e. The second kappa shape index (κ2) is 6.64. The highest BCUT2D eigenvalue weighted by Gasteiger charge is 2.15. The largest absolute Gasteiger partial charge is 0.454 e. The van der Waals surface area contributed by atoms with Crippen molar-refractivity contribution in [2.45, 2.75) is 45.6 Å². The van der Waals surface area contributed by atoms with Crippen molar-refractivity contribution < 1.29 is 9.47 Å². The van der Waals surface area contributed by atoms with Gasteiger partial charge in [0, 0.05) is 6.04 Å². The monoisotopic (exact) mass is 249 g/mol. The van der Waals surface area contributed by atoms with Crippen molar-refractivity contribution in [1.29, 1.82) is 0 Å². The van der Waals surface area contributed by atoms with Crippen LogP contribution in [0.15, 0.2) is 18.2 Å². The summed E-state index contributed by atoms with van der Waals surface area (Å²) in [5.74, 6) is 1.72. The van der Waals surface area contributed by atoms with E-state index in [4.69, 9.17) is 9.47 Å². The van der Waals surface area contributed by atoms with Gasteiger partial charge in [-0.1, -0.05) is 32.3 Å². The first kappa shape index (κ1) is 13.2. The van der Waals surface area contributed by atoms with Crippen molar-refractivity contribution >= 4 is 0 Å². The third-order valence-corrected chi connectivity index (χ3v) is 3.38. The summed E-state index contributed by atoms with van der Waals surface area (Å²) in [4.78, 5) is 0. The third kappa shape index (κ3) is 3.39. The van der Waals surface area contributed by atoms with Gasteiger partial charge in [0.25, 0.3) is 0 Å². The van der Waals surface area contributed by atoms with Gasteiger partial charge in [0.15, 0.2) is 11.5 Å². The Morgan fingerprint density at radius 2 is 2.00 bits per heavy atom. The Balaban J connectivity index is 1.80. The van der Waals surface area contributed by atoms with Gasteiger partial charge in [0.1, 0.15) is 0 Å². The average Bonchev–Trinajstić information content (AvgIpc) is 2.85. The van der Waals surface area contributed by atoms with Crippen molar-refractivity contribution in [3.05, 3.63) is 23.8 Å². The molecule has 0 saturated carbocycles. The molecule has 3 nitrogen and oxygen atoms in total. The first-order valence-electron chi connectivity index (χ1n) is 6.94. The normalized spacial score (nSPS) is 14.8. The molecule has 1 unspecified atom stereocenters. The van der Waals surface area contributed by atoms with Gasteiger partial charge < -0.3 is 14.8 Å². The Morgan fingerprint density at radius 1 is 1.17 bits per heavy atom. The average molecular weight is 249 g/mol. The molecule has 0 aliphatic carbocycles. The molecule has 0 bridgehead atoms. The van der Waals surface area contributed by atoms with E-state index in [0.29, 0.717) is 12.8 Å². The minimum Gasteiger partial charge on any atom is -0.454 e. The molecule has 0 aromatic heterocycles. The van der Waals surface area contributed by atoms with E-state index < -0.39 is 0 Å². The van der Waals surface area contributed by atoms with Crippen LogP contribution in [0.4, 0.5) is 0 Å². The summed E-state index contributed by atoms with van der Waals surface area (Å²) in [5, 5.41) is 3.55. The maximum absolute atomic E-state index is 5.40. The summed E-state index contributed by atoms with van der Waals surface area (Å²) in [6.07, 6.45) is 5.19. The van der Waals surface area contributed by atoms with Gasteiger partial charge in [-0.3, -0.25) is 0 Å². The standard InChI is InChI=1S/C15H23NO2/c1-3-4-5-6-9-16-12(2)13-7-8-14-15(10-13)18-11-17-14/h7-8,10,12,16H,3-6,9,11H2,1-2H3. The number of hydrogen-bond donors (Lipinski definition) is 1. The van der Waals surface area contributed by atoms with Crippen LogP contribution in [-0.2, 0) is 0 Å². The lowest BCUT2D eigenvalue weighted by atomic mass is 10.1. The lowest BCUT2D eigenvalue weighted by Gasteiger charge is -2.14. The topological polar surface area (TPSA) is 30.5 Å². The van der Waals surface area contributed by atoms with Crippen LogP contribution in [0.5, 0.6) is 11.5 Å². The van der Waals surface area contributed by atoms with Crippen LogP contribution in [0.25, 0.3) is 0 Å². The van der Waals surface area contributed by atoms with E-state index in [0.717, 1.165) is 18.0 Å². The zero-order chi connectivity index (χ0) is 12.8.